The molecular weight excluding hydrogens is 235 g/mol. The average Bonchev–Trinajstić information content (AvgIpc) is 2.02. The largest absolute Gasteiger partial charge is 0.396 e. The average molecular weight is 247 g/mol. The van der Waals surface area contributed by atoms with E-state index in [9.17, 15) is 4.39 Å². The smallest absolute Gasteiger partial charge is 0.124 e. The SMILES string of the molecule is CC(CO)Cc1cc(F)cc(Br)c1. The van der Waals surface area contributed by atoms with E-state index in [0.29, 0.717) is 6.42 Å². The van der Waals surface area contributed by atoms with E-state index in [-0.39, 0.29) is 18.3 Å². The Balaban J connectivity index is 2.77. The molecule has 0 aliphatic rings. The molecule has 3 heteroatoms. The van der Waals surface area contributed by atoms with Gasteiger partial charge in [0.1, 0.15) is 5.82 Å². The molecule has 0 aromatic heterocycles. The Kier molecular flexibility index (Phi) is 3.88. The Labute approximate surface area is 85.7 Å². The Bertz CT molecular complexity index is 268. The summed E-state index contributed by atoms with van der Waals surface area (Å²) in [5.74, 6) is -0.0665. The van der Waals surface area contributed by atoms with Crippen LogP contribution >= 0.6 is 15.9 Å². The van der Waals surface area contributed by atoms with Crippen LogP contribution in [0.4, 0.5) is 4.39 Å². The molecule has 0 fully saturated rings. The highest BCUT2D eigenvalue weighted by molar-refractivity contribution is 9.10. The van der Waals surface area contributed by atoms with Crippen LogP contribution in [-0.2, 0) is 6.42 Å². The van der Waals surface area contributed by atoms with Crippen molar-refractivity contribution >= 4 is 15.9 Å². The first-order valence-corrected chi connectivity index (χ1v) is 4.97. The van der Waals surface area contributed by atoms with Gasteiger partial charge in [0.05, 0.1) is 0 Å². The summed E-state index contributed by atoms with van der Waals surface area (Å²) < 4.78 is 13.6. The highest BCUT2D eigenvalue weighted by atomic mass is 79.9. The van der Waals surface area contributed by atoms with Crippen LogP contribution in [0.3, 0.4) is 0 Å². The van der Waals surface area contributed by atoms with Crippen LogP contribution in [0.25, 0.3) is 0 Å². The van der Waals surface area contributed by atoms with Gasteiger partial charge in [-0.1, -0.05) is 22.9 Å². The fraction of sp³-hybridized carbons (Fsp3) is 0.400. The van der Waals surface area contributed by atoms with Gasteiger partial charge in [0.25, 0.3) is 0 Å². The second-order valence-electron chi connectivity index (χ2n) is 3.27. The summed E-state index contributed by atoms with van der Waals surface area (Å²) in [4.78, 5) is 0. The minimum Gasteiger partial charge on any atom is -0.396 e. The topological polar surface area (TPSA) is 20.2 Å². The van der Waals surface area contributed by atoms with Crippen molar-refractivity contribution in [3.8, 4) is 0 Å². The molecule has 1 aromatic rings. The van der Waals surface area contributed by atoms with Crippen molar-refractivity contribution in [3.05, 3.63) is 34.1 Å². The minimum atomic E-state index is -0.241. The molecule has 1 N–H and O–H groups in total. The van der Waals surface area contributed by atoms with Crippen LogP contribution in [0.5, 0.6) is 0 Å². The standard InChI is InChI=1S/C10H12BrFO/c1-7(6-13)2-8-3-9(11)5-10(12)4-8/h3-5,7,13H,2,6H2,1H3. The zero-order chi connectivity index (χ0) is 9.84. The van der Waals surface area contributed by atoms with E-state index in [1.807, 2.05) is 13.0 Å². The molecule has 0 saturated heterocycles. The van der Waals surface area contributed by atoms with Gasteiger partial charge in [-0.2, -0.15) is 0 Å². The van der Waals surface area contributed by atoms with Crippen LogP contribution in [0.15, 0.2) is 22.7 Å². The molecule has 0 spiro atoms. The summed E-state index contributed by atoms with van der Waals surface area (Å²) in [6, 6.07) is 4.79. The van der Waals surface area contributed by atoms with Gasteiger partial charge in [0, 0.05) is 11.1 Å². The first kappa shape index (κ1) is 10.7. The van der Waals surface area contributed by atoms with Crippen molar-refractivity contribution in [1.82, 2.24) is 0 Å². The summed E-state index contributed by atoms with van der Waals surface area (Å²) >= 11 is 3.22. The lowest BCUT2D eigenvalue weighted by Gasteiger charge is -2.07. The third kappa shape index (κ3) is 3.44. The van der Waals surface area contributed by atoms with Crippen molar-refractivity contribution in [2.24, 2.45) is 5.92 Å². The van der Waals surface area contributed by atoms with Crippen LogP contribution in [0.2, 0.25) is 0 Å². The maximum absolute atomic E-state index is 12.9. The van der Waals surface area contributed by atoms with Gasteiger partial charge in [-0.3, -0.25) is 0 Å². The Hall–Kier alpha value is -0.410. The fourth-order valence-electron chi connectivity index (χ4n) is 1.20. The molecule has 0 heterocycles. The molecule has 0 bridgehead atoms. The van der Waals surface area contributed by atoms with E-state index >= 15 is 0 Å². The zero-order valence-corrected chi connectivity index (χ0v) is 9.01. The maximum atomic E-state index is 12.9. The normalized spacial score (nSPS) is 12.9. The van der Waals surface area contributed by atoms with Gasteiger partial charge < -0.3 is 5.11 Å². The summed E-state index contributed by atoms with van der Waals surface area (Å²) in [6.07, 6.45) is 0.701. The lowest BCUT2D eigenvalue weighted by Crippen LogP contribution is -2.04. The van der Waals surface area contributed by atoms with E-state index < -0.39 is 0 Å². The number of hydrogen-bond donors (Lipinski definition) is 1. The highest BCUT2D eigenvalue weighted by Gasteiger charge is 2.04. The Morgan fingerprint density at radius 1 is 1.46 bits per heavy atom. The van der Waals surface area contributed by atoms with Crippen molar-refractivity contribution in [2.75, 3.05) is 6.61 Å². The third-order valence-electron chi connectivity index (χ3n) is 1.82. The lowest BCUT2D eigenvalue weighted by atomic mass is 10.0. The molecule has 0 radical (unpaired) electrons. The molecule has 0 saturated carbocycles. The monoisotopic (exact) mass is 246 g/mol. The van der Waals surface area contributed by atoms with Gasteiger partial charge in [0.15, 0.2) is 0 Å². The Morgan fingerprint density at radius 2 is 2.15 bits per heavy atom. The van der Waals surface area contributed by atoms with Crippen molar-refractivity contribution in [3.63, 3.8) is 0 Å². The second-order valence-corrected chi connectivity index (χ2v) is 4.19. The van der Waals surface area contributed by atoms with Gasteiger partial charge in [-0.05, 0) is 36.1 Å². The molecule has 1 nitrogen and oxygen atoms in total. The van der Waals surface area contributed by atoms with Gasteiger partial charge >= 0.3 is 0 Å². The maximum Gasteiger partial charge on any atom is 0.124 e. The first-order chi connectivity index (χ1) is 6.11. The number of aliphatic hydroxyl groups is 1. The molecule has 0 amide bonds. The van der Waals surface area contributed by atoms with Crippen LogP contribution in [0.1, 0.15) is 12.5 Å². The van der Waals surface area contributed by atoms with Crippen molar-refractivity contribution in [2.45, 2.75) is 13.3 Å². The van der Waals surface area contributed by atoms with E-state index in [1.165, 1.54) is 12.1 Å². The molecule has 72 valence electrons. The molecular formula is C10H12BrFO. The number of halogens is 2. The van der Waals surface area contributed by atoms with Crippen LogP contribution < -0.4 is 0 Å². The van der Waals surface area contributed by atoms with Gasteiger partial charge in [-0.15, -0.1) is 0 Å². The molecule has 1 rings (SSSR count). The van der Waals surface area contributed by atoms with Crippen LogP contribution in [-0.4, -0.2) is 11.7 Å². The second kappa shape index (κ2) is 4.72. The first-order valence-electron chi connectivity index (χ1n) is 4.17. The summed E-state index contributed by atoms with van der Waals surface area (Å²) in [6.45, 7) is 2.06. The van der Waals surface area contributed by atoms with E-state index in [2.05, 4.69) is 15.9 Å². The lowest BCUT2D eigenvalue weighted by molar-refractivity contribution is 0.237. The number of rotatable bonds is 3. The van der Waals surface area contributed by atoms with E-state index in [4.69, 9.17) is 5.11 Å². The summed E-state index contributed by atoms with van der Waals surface area (Å²) in [5, 5.41) is 8.83. The Morgan fingerprint density at radius 3 is 2.69 bits per heavy atom. The number of aliphatic hydroxyl groups excluding tert-OH is 1. The van der Waals surface area contributed by atoms with Gasteiger partial charge in [0.2, 0.25) is 0 Å². The van der Waals surface area contributed by atoms with Crippen molar-refractivity contribution < 1.29 is 9.50 Å². The van der Waals surface area contributed by atoms with E-state index in [1.54, 1.807) is 0 Å². The van der Waals surface area contributed by atoms with Crippen LogP contribution in [0, 0.1) is 11.7 Å². The zero-order valence-electron chi connectivity index (χ0n) is 7.43. The molecule has 1 atom stereocenters. The third-order valence-corrected chi connectivity index (χ3v) is 2.28. The summed E-state index contributed by atoms with van der Waals surface area (Å²) in [7, 11) is 0. The van der Waals surface area contributed by atoms with E-state index in [0.717, 1.165) is 10.0 Å². The number of hydrogen-bond acceptors (Lipinski definition) is 1. The predicted molar refractivity (Wildman–Crippen MR) is 54.1 cm³/mol. The molecule has 1 aromatic carbocycles. The predicted octanol–water partition coefficient (Wildman–Crippen LogP) is 2.76. The molecule has 13 heavy (non-hydrogen) atoms. The fourth-order valence-corrected chi connectivity index (χ4v) is 1.71. The van der Waals surface area contributed by atoms with Gasteiger partial charge in [-0.25, -0.2) is 4.39 Å². The minimum absolute atomic E-state index is 0.133. The highest BCUT2D eigenvalue weighted by Crippen LogP contribution is 2.17. The molecule has 0 aliphatic heterocycles. The summed E-state index contributed by atoms with van der Waals surface area (Å²) in [5.41, 5.74) is 0.911. The number of benzene rings is 1. The quantitative estimate of drug-likeness (QED) is 0.870. The van der Waals surface area contributed by atoms with Crippen molar-refractivity contribution in [1.29, 1.82) is 0 Å². The molecule has 0 aliphatic carbocycles. The molecule has 1 unspecified atom stereocenters.